The first-order valence-electron chi connectivity index (χ1n) is 6.91. The Morgan fingerprint density at radius 2 is 1.95 bits per heavy atom. The van der Waals surface area contributed by atoms with Crippen molar-refractivity contribution in [2.75, 3.05) is 19.7 Å². The van der Waals surface area contributed by atoms with Crippen LogP contribution < -0.4 is 15.4 Å². The van der Waals surface area contributed by atoms with Gasteiger partial charge in [-0.2, -0.15) is 0 Å². The van der Waals surface area contributed by atoms with Gasteiger partial charge >= 0.3 is 5.97 Å². The van der Waals surface area contributed by atoms with Gasteiger partial charge in [-0.3, -0.25) is 14.9 Å². The highest BCUT2D eigenvalue weighted by molar-refractivity contribution is 5.81. The molecule has 1 aromatic rings. The highest BCUT2D eigenvalue weighted by Gasteiger charge is 2.30. The molecule has 0 saturated heterocycles. The van der Waals surface area contributed by atoms with Gasteiger partial charge in [-0.25, -0.2) is 0 Å². The van der Waals surface area contributed by atoms with Gasteiger partial charge in [0, 0.05) is 0 Å². The number of ether oxygens (including phenoxy) is 1. The minimum atomic E-state index is -1.09. The number of aliphatic carboxylic acids is 1. The Balaban J connectivity index is 2.21. The molecule has 6 heteroatoms. The van der Waals surface area contributed by atoms with Crippen molar-refractivity contribution in [1.82, 2.24) is 10.6 Å². The van der Waals surface area contributed by atoms with Crippen molar-refractivity contribution in [2.45, 2.75) is 25.8 Å². The molecule has 1 aromatic carbocycles. The lowest BCUT2D eigenvalue weighted by atomic mass is 9.99. The van der Waals surface area contributed by atoms with Crippen molar-refractivity contribution in [3.05, 3.63) is 30.3 Å². The van der Waals surface area contributed by atoms with Crippen LogP contribution in [0, 0.1) is 0 Å². The molecular formula is C15H22N2O4. The van der Waals surface area contributed by atoms with Gasteiger partial charge in [0.2, 0.25) is 5.91 Å². The van der Waals surface area contributed by atoms with Crippen molar-refractivity contribution >= 4 is 11.9 Å². The molecule has 0 heterocycles. The molecule has 0 aromatic heterocycles. The number of hydrogen-bond donors (Lipinski definition) is 3. The van der Waals surface area contributed by atoms with E-state index in [4.69, 9.17) is 9.84 Å². The van der Waals surface area contributed by atoms with Crippen molar-refractivity contribution in [1.29, 1.82) is 0 Å². The lowest BCUT2D eigenvalue weighted by Gasteiger charge is -2.24. The first-order valence-corrected chi connectivity index (χ1v) is 6.91. The van der Waals surface area contributed by atoms with Crippen LogP contribution >= 0.6 is 0 Å². The standard InChI is InChI=1S/C15H22N2O4/c1-3-15(2,14(19)20)17-11-13(18)16-9-10-21-12-7-5-4-6-8-12/h4-8,17H,3,9-11H2,1-2H3,(H,16,18)(H,19,20). The van der Waals surface area contributed by atoms with Gasteiger partial charge < -0.3 is 15.2 Å². The minimum absolute atomic E-state index is 0.0397. The smallest absolute Gasteiger partial charge is 0.323 e. The summed E-state index contributed by atoms with van der Waals surface area (Å²) in [4.78, 5) is 22.7. The van der Waals surface area contributed by atoms with Crippen LogP contribution in [0.15, 0.2) is 30.3 Å². The summed E-state index contributed by atoms with van der Waals surface area (Å²) in [5.74, 6) is -0.480. The van der Waals surface area contributed by atoms with E-state index >= 15 is 0 Å². The molecule has 0 aliphatic heterocycles. The van der Waals surface area contributed by atoms with E-state index in [9.17, 15) is 9.59 Å². The lowest BCUT2D eigenvalue weighted by Crippen LogP contribution is -2.52. The average molecular weight is 294 g/mol. The van der Waals surface area contributed by atoms with Crippen LogP contribution in [0.5, 0.6) is 5.75 Å². The summed E-state index contributed by atoms with van der Waals surface area (Å²) in [6.07, 6.45) is 0.396. The second-order valence-corrected chi connectivity index (χ2v) is 4.86. The molecule has 21 heavy (non-hydrogen) atoms. The molecule has 1 rings (SSSR count). The van der Waals surface area contributed by atoms with Gasteiger partial charge in [0.15, 0.2) is 0 Å². The molecule has 116 valence electrons. The number of carbonyl (C=O) groups excluding carboxylic acids is 1. The normalized spacial score (nSPS) is 13.2. The van der Waals surface area contributed by atoms with Gasteiger partial charge in [-0.15, -0.1) is 0 Å². The molecule has 0 saturated carbocycles. The van der Waals surface area contributed by atoms with Gasteiger partial charge in [0.1, 0.15) is 17.9 Å². The number of carboxylic acid groups (broad SMARTS) is 1. The number of nitrogens with one attached hydrogen (secondary N) is 2. The highest BCUT2D eigenvalue weighted by Crippen LogP contribution is 2.08. The third-order valence-electron chi connectivity index (χ3n) is 3.25. The van der Waals surface area contributed by atoms with Crippen LogP contribution in [0.2, 0.25) is 0 Å². The Hall–Kier alpha value is -2.08. The lowest BCUT2D eigenvalue weighted by molar-refractivity contribution is -0.144. The summed E-state index contributed by atoms with van der Waals surface area (Å²) >= 11 is 0. The second-order valence-electron chi connectivity index (χ2n) is 4.86. The predicted octanol–water partition coefficient (Wildman–Crippen LogP) is 1.02. The highest BCUT2D eigenvalue weighted by atomic mass is 16.5. The first kappa shape index (κ1) is 17.0. The molecule has 0 spiro atoms. The number of carboxylic acids is 1. The van der Waals surface area contributed by atoms with Gasteiger partial charge in [0.25, 0.3) is 0 Å². The number of hydrogen-bond acceptors (Lipinski definition) is 4. The quantitative estimate of drug-likeness (QED) is 0.592. The van der Waals surface area contributed by atoms with Crippen molar-refractivity contribution in [2.24, 2.45) is 0 Å². The molecule has 1 unspecified atom stereocenters. The Morgan fingerprint density at radius 1 is 1.29 bits per heavy atom. The van der Waals surface area contributed by atoms with E-state index in [1.807, 2.05) is 30.3 Å². The maximum absolute atomic E-state index is 11.6. The number of rotatable bonds is 9. The summed E-state index contributed by atoms with van der Waals surface area (Å²) in [6, 6.07) is 9.31. The molecule has 0 aliphatic rings. The van der Waals surface area contributed by atoms with Crippen LogP contribution in [0.4, 0.5) is 0 Å². The van der Waals surface area contributed by atoms with Crippen LogP contribution in [-0.2, 0) is 9.59 Å². The third kappa shape index (κ3) is 5.83. The average Bonchev–Trinajstić information content (AvgIpc) is 2.50. The summed E-state index contributed by atoms with van der Waals surface area (Å²) in [6.45, 7) is 4.00. The zero-order valence-corrected chi connectivity index (χ0v) is 12.4. The van der Waals surface area contributed by atoms with Crippen LogP contribution in [0.1, 0.15) is 20.3 Å². The van der Waals surface area contributed by atoms with Crippen molar-refractivity contribution in [3.63, 3.8) is 0 Å². The maximum atomic E-state index is 11.6. The number of benzene rings is 1. The topological polar surface area (TPSA) is 87.7 Å². The maximum Gasteiger partial charge on any atom is 0.323 e. The van der Waals surface area contributed by atoms with E-state index in [1.165, 1.54) is 0 Å². The van der Waals surface area contributed by atoms with Gasteiger partial charge in [0.05, 0.1) is 13.1 Å². The fourth-order valence-electron chi connectivity index (χ4n) is 1.57. The molecular weight excluding hydrogens is 272 g/mol. The molecule has 0 aliphatic carbocycles. The molecule has 3 N–H and O–H groups in total. The number of amides is 1. The van der Waals surface area contributed by atoms with E-state index in [1.54, 1.807) is 13.8 Å². The van der Waals surface area contributed by atoms with Gasteiger partial charge in [-0.1, -0.05) is 25.1 Å². The van der Waals surface area contributed by atoms with E-state index in [0.717, 1.165) is 5.75 Å². The third-order valence-corrected chi connectivity index (χ3v) is 3.25. The van der Waals surface area contributed by atoms with Crippen LogP contribution in [0.25, 0.3) is 0 Å². The van der Waals surface area contributed by atoms with Crippen LogP contribution in [-0.4, -0.2) is 42.2 Å². The van der Waals surface area contributed by atoms with E-state index in [0.29, 0.717) is 19.6 Å². The van der Waals surface area contributed by atoms with E-state index in [2.05, 4.69) is 10.6 Å². The zero-order chi connectivity index (χ0) is 15.7. The van der Waals surface area contributed by atoms with E-state index in [-0.39, 0.29) is 12.5 Å². The Labute approximate surface area is 124 Å². The molecule has 1 atom stereocenters. The van der Waals surface area contributed by atoms with Crippen molar-refractivity contribution in [3.8, 4) is 5.75 Å². The zero-order valence-electron chi connectivity index (χ0n) is 12.4. The summed E-state index contributed by atoms with van der Waals surface area (Å²) in [5.41, 5.74) is -1.09. The second kappa shape index (κ2) is 8.26. The first-order chi connectivity index (χ1) is 9.98. The molecule has 6 nitrogen and oxygen atoms in total. The molecule has 0 fully saturated rings. The predicted molar refractivity (Wildman–Crippen MR) is 79.3 cm³/mol. The van der Waals surface area contributed by atoms with Gasteiger partial charge in [-0.05, 0) is 25.5 Å². The molecule has 1 amide bonds. The summed E-state index contributed by atoms with van der Waals surface area (Å²) in [7, 11) is 0. The van der Waals surface area contributed by atoms with Crippen molar-refractivity contribution < 1.29 is 19.4 Å². The summed E-state index contributed by atoms with van der Waals surface area (Å²) < 4.78 is 5.43. The Morgan fingerprint density at radius 3 is 2.52 bits per heavy atom. The number of carbonyl (C=O) groups is 2. The minimum Gasteiger partial charge on any atom is -0.492 e. The number of para-hydroxylation sites is 1. The molecule has 0 radical (unpaired) electrons. The fourth-order valence-corrected chi connectivity index (χ4v) is 1.57. The monoisotopic (exact) mass is 294 g/mol. The van der Waals surface area contributed by atoms with E-state index < -0.39 is 11.5 Å². The summed E-state index contributed by atoms with van der Waals surface area (Å²) in [5, 5.41) is 14.5. The molecule has 0 bridgehead atoms. The fraction of sp³-hybridized carbons (Fsp3) is 0.467. The Bertz CT molecular complexity index is 464. The Kier molecular flexibility index (Phi) is 6.68. The SMILES string of the molecule is CCC(C)(NCC(=O)NCCOc1ccccc1)C(=O)O. The largest absolute Gasteiger partial charge is 0.492 e. The van der Waals surface area contributed by atoms with Crippen LogP contribution in [0.3, 0.4) is 0 Å².